The molecule has 0 saturated heterocycles. The molecule has 12 aromatic rings. The summed E-state index contributed by atoms with van der Waals surface area (Å²) in [6.07, 6.45) is 0. The summed E-state index contributed by atoms with van der Waals surface area (Å²) in [5.41, 5.74) is 5.22. The van der Waals surface area contributed by atoms with Crippen LogP contribution >= 0.6 is 11.3 Å². The molecule has 57 heavy (non-hydrogen) atoms. The van der Waals surface area contributed by atoms with Gasteiger partial charge < -0.3 is 0 Å². The van der Waals surface area contributed by atoms with Gasteiger partial charge in [0.2, 0.25) is 0 Å². The first-order valence-electron chi connectivity index (χ1n) is 19.3. The predicted octanol–water partition coefficient (Wildman–Crippen LogP) is 14.7. The van der Waals surface area contributed by atoms with E-state index in [1.165, 1.54) is 74.2 Å². The summed E-state index contributed by atoms with van der Waals surface area (Å²) >= 11 is 1.86. The fourth-order valence-corrected chi connectivity index (χ4v) is 9.95. The Labute approximate surface area is 332 Å². The van der Waals surface area contributed by atoms with E-state index in [-0.39, 0.29) is 0 Å². The van der Waals surface area contributed by atoms with Gasteiger partial charge in [0.15, 0.2) is 17.5 Å². The Bertz CT molecular complexity index is 3580. The van der Waals surface area contributed by atoms with Gasteiger partial charge in [0, 0.05) is 42.2 Å². The zero-order chi connectivity index (χ0) is 37.5. The fourth-order valence-electron chi connectivity index (χ4n) is 8.63. The first-order valence-corrected chi connectivity index (χ1v) is 20.1. The molecule has 0 aliphatic heterocycles. The first-order chi connectivity index (χ1) is 28.2. The third-order valence-electron chi connectivity index (χ3n) is 11.4. The van der Waals surface area contributed by atoms with Gasteiger partial charge in [0.05, 0.1) is 0 Å². The van der Waals surface area contributed by atoms with Crippen LogP contribution in [0.25, 0.3) is 119 Å². The predicted molar refractivity (Wildman–Crippen MR) is 242 cm³/mol. The standard InChI is InChI=1S/C53H31N3S/c1-3-13-38-29-40(24-19-32(38)9-1)34-17-22-37(23-18-34)51-54-52(42-26-20-33-10-2-4-14-39(33)30-42)56-53(55-51)45-31-41-25-21-35-11-5-7-15-43(35)47(41)50-49(45)48-44-16-8-6-12-36(44)27-28-46(48)57-50/h1-31H. The molecule has 0 saturated carbocycles. The maximum atomic E-state index is 5.37. The monoisotopic (exact) mass is 741 g/mol. The largest absolute Gasteiger partial charge is 0.208 e. The van der Waals surface area contributed by atoms with E-state index in [0.717, 1.165) is 27.6 Å². The second kappa shape index (κ2) is 12.6. The van der Waals surface area contributed by atoms with Gasteiger partial charge in [-0.15, -0.1) is 11.3 Å². The Kier molecular flexibility index (Phi) is 7.10. The maximum absolute atomic E-state index is 5.37. The molecule has 264 valence electrons. The molecule has 10 aromatic carbocycles. The lowest BCUT2D eigenvalue weighted by molar-refractivity contribution is 1.08. The van der Waals surface area contributed by atoms with Gasteiger partial charge in [-0.2, -0.15) is 0 Å². The van der Waals surface area contributed by atoms with E-state index < -0.39 is 0 Å². The summed E-state index contributed by atoms with van der Waals surface area (Å²) < 4.78 is 2.50. The van der Waals surface area contributed by atoms with Crippen LogP contribution in [0.2, 0.25) is 0 Å². The average molecular weight is 742 g/mol. The fraction of sp³-hybridized carbons (Fsp3) is 0. The quantitative estimate of drug-likeness (QED) is 0.169. The third kappa shape index (κ3) is 5.22. The molecule has 0 bridgehead atoms. The summed E-state index contributed by atoms with van der Waals surface area (Å²) in [5.74, 6) is 1.95. The summed E-state index contributed by atoms with van der Waals surface area (Å²) in [5, 5.41) is 14.6. The number of thiophene rings is 1. The van der Waals surface area contributed by atoms with Gasteiger partial charge in [-0.25, -0.2) is 15.0 Å². The highest BCUT2D eigenvalue weighted by Gasteiger charge is 2.21. The van der Waals surface area contributed by atoms with Crippen molar-refractivity contribution in [2.75, 3.05) is 0 Å². The van der Waals surface area contributed by atoms with Crippen LogP contribution in [0.15, 0.2) is 188 Å². The molecule has 0 spiro atoms. The zero-order valence-electron chi connectivity index (χ0n) is 30.6. The molecule has 0 radical (unpaired) electrons. The van der Waals surface area contributed by atoms with Crippen LogP contribution in [0.1, 0.15) is 0 Å². The van der Waals surface area contributed by atoms with E-state index >= 15 is 0 Å². The van der Waals surface area contributed by atoms with Crippen molar-refractivity contribution in [3.05, 3.63) is 188 Å². The number of hydrogen-bond acceptors (Lipinski definition) is 4. The number of hydrogen-bond donors (Lipinski definition) is 0. The van der Waals surface area contributed by atoms with Crippen LogP contribution in [0.3, 0.4) is 0 Å². The number of rotatable bonds is 4. The molecule has 0 unspecified atom stereocenters. The highest BCUT2D eigenvalue weighted by atomic mass is 32.1. The van der Waals surface area contributed by atoms with E-state index in [1.54, 1.807) is 0 Å². The molecular weight excluding hydrogens is 711 g/mol. The van der Waals surface area contributed by atoms with Gasteiger partial charge in [0.1, 0.15) is 0 Å². The molecule has 3 nitrogen and oxygen atoms in total. The van der Waals surface area contributed by atoms with Gasteiger partial charge in [-0.3, -0.25) is 0 Å². The Morgan fingerprint density at radius 2 is 0.772 bits per heavy atom. The topological polar surface area (TPSA) is 38.7 Å². The minimum atomic E-state index is 0.643. The normalized spacial score (nSPS) is 11.9. The highest BCUT2D eigenvalue weighted by molar-refractivity contribution is 7.27. The Balaban J connectivity index is 1.13. The summed E-state index contributed by atoms with van der Waals surface area (Å²) in [4.78, 5) is 16.0. The molecule has 4 heteroatoms. The van der Waals surface area contributed by atoms with Crippen LogP contribution in [0.5, 0.6) is 0 Å². The molecule has 0 fully saturated rings. The smallest absolute Gasteiger partial charge is 0.164 e. The lowest BCUT2D eigenvalue weighted by Gasteiger charge is -2.13. The second-order valence-electron chi connectivity index (χ2n) is 14.8. The molecule has 0 aliphatic carbocycles. The summed E-state index contributed by atoms with van der Waals surface area (Å²) in [7, 11) is 0. The summed E-state index contributed by atoms with van der Waals surface area (Å²) in [6, 6.07) is 67.4. The lowest BCUT2D eigenvalue weighted by atomic mass is 9.94. The van der Waals surface area contributed by atoms with Gasteiger partial charge in [-0.05, 0) is 83.9 Å². The minimum Gasteiger partial charge on any atom is -0.208 e. The highest BCUT2D eigenvalue weighted by Crippen LogP contribution is 2.48. The number of aromatic nitrogens is 3. The Morgan fingerprint density at radius 1 is 0.298 bits per heavy atom. The molecule has 0 aliphatic rings. The van der Waals surface area contributed by atoms with Crippen molar-refractivity contribution in [1.29, 1.82) is 0 Å². The molecule has 2 heterocycles. The lowest BCUT2D eigenvalue weighted by Crippen LogP contribution is -2.01. The van der Waals surface area contributed by atoms with Crippen LogP contribution in [-0.2, 0) is 0 Å². The average Bonchev–Trinajstić information content (AvgIpc) is 3.68. The van der Waals surface area contributed by atoms with Crippen LogP contribution in [0.4, 0.5) is 0 Å². The molecule has 0 amide bonds. The second-order valence-corrected chi connectivity index (χ2v) is 15.8. The van der Waals surface area contributed by atoms with Crippen molar-refractivity contribution in [3.8, 4) is 45.3 Å². The SMILES string of the molecule is c1ccc2cc(-c3ccc(-c4nc(-c5ccc6ccccc6c5)nc(-c5cc6ccc7ccccc7c6c6sc7ccc8ccccc8c7c56)n4)cc3)ccc2c1. The van der Waals surface area contributed by atoms with E-state index in [2.05, 4.69) is 188 Å². The molecular formula is C53H31N3S. The third-order valence-corrected chi connectivity index (χ3v) is 12.6. The first kappa shape index (κ1) is 32.0. The van der Waals surface area contributed by atoms with E-state index in [1.807, 2.05) is 11.3 Å². The zero-order valence-corrected chi connectivity index (χ0v) is 31.5. The molecule has 0 atom stereocenters. The number of fused-ring (bicyclic) bond motifs is 11. The van der Waals surface area contributed by atoms with Gasteiger partial charge in [-0.1, -0.05) is 164 Å². The van der Waals surface area contributed by atoms with E-state index in [0.29, 0.717) is 17.5 Å². The van der Waals surface area contributed by atoms with Crippen molar-refractivity contribution in [3.63, 3.8) is 0 Å². The van der Waals surface area contributed by atoms with Crippen LogP contribution < -0.4 is 0 Å². The van der Waals surface area contributed by atoms with Crippen LogP contribution in [0, 0.1) is 0 Å². The number of nitrogens with zero attached hydrogens (tertiary/aromatic N) is 3. The Morgan fingerprint density at radius 3 is 1.47 bits per heavy atom. The van der Waals surface area contributed by atoms with Crippen molar-refractivity contribution in [2.45, 2.75) is 0 Å². The van der Waals surface area contributed by atoms with Crippen molar-refractivity contribution in [1.82, 2.24) is 15.0 Å². The van der Waals surface area contributed by atoms with Crippen molar-refractivity contribution in [2.24, 2.45) is 0 Å². The van der Waals surface area contributed by atoms with Crippen LogP contribution in [-0.4, -0.2) is 15.0 Å². The molecule has 2 aromatic heterocycles. The maximum Gasteiger partial charge on any atom is 0.164 e. The van der Waals surface area contributed by atoms with Gasteiger partial charge in [0.25, 0.3) is 0 Å². The van der Waals surface area contributed by atoms with E-state index in [4.69, 9.17) is 15.0 Å². The molecule has 12 rings (SSSR count). The molecule has 0 N–H and O–H groups in total. The number of benzene rings is 10. The minimum absolute atomic E-state index is 0.643. The summed E-state index contributed by atoms with van der Waals surface area (Å²) in [6.45, 7) is 0. The van der Waals surface area contributed by atoms with E-state index in [9.17, 15) is 0 Å². The van der Waals surface area contributed by atoms with Gasteiger partial charge >= 0.3 is 0 Å². The Hall–Kier alpha value is -7.27. The van der Waals surface area contributed by atoms with Crippen molar-refractivity contribution >= 4 is 85.4 Å². The van der Waals surface area contributed by atoms with Crippen molar-refractivity contribution < 1.29 is 0 Å².